The first-order valence-electron chi connectivity index (χ1n) is 5.19. The molecule has 0 saturated heterocycles. The van der Waals surface area contributed by atoms with Gasteiger partial charge in [-0.3, -0.25) is 0 Å². The van der Waals surface area contributed by atoms with E-state index in [1.165, 1.54) is 0 Å². The van der Waals surface area contributed by atoms with Gasteiger partial charge in [-0.1, -0.05) is 30.3 Å². The summed E-state index contributed by atoms with van der Waals surface area (Å²) in [7, 11) is -2.99. The molecule has 0 aliphatic heterocycles. The minimum atomic E-state index is -4.08. The van der Waals surface area contributed by atoms with Crippen molar-refractivity contribution in [1.29, 1.82) is 0 Å². The molecule has 1 atom stereocenters. The molecule has 0 fully saturated rings. The van der Waals surface area contributed by atoms with Crippen LogP contribution in [0.2, 0.25) is 0 Å². The monoisotopic (exact) mass is 262 g/mol. The summed E-state index contributed by atoms with van der Waals surface area (Å²) in [6.07, 6.45) is 0. The highest BCUT2D eigenvalue weighted by atomic mass is 31.2. The van der Waals surface area contributed by atoms with Gasteiger partial charge in [-0.2, -0.15) is 4.79 Å². The molecule has 18 heavy (non-hydrogen) atoms. The molecule has 2 aromatic carbocycles. The molecule has 0 aliphatic rings. The van der Waals surface area contributed by atoms with Crippen molar-refractivity contribution in [2.24, 2.45) is 0 Å². The van der Waals surface area contributed by atoms with Crippen molar-refractivity contribution in [3.05, 3.63) is 53.6 Å². The second-order valence-electron chi connectivity index (χ2n) is 3.69. The van der Waals surface area contributed by atoms with Gasteiger partial charge in [0.15, 0.2) is 0 Å². The van der Waals surface area contributed by atoms with Gasteiger partial charge in [0.2, 0.25) is 0 Å². The van der Waals surface area contributed by atoms with Gasteiger partial charge in [0.25, 0.3) is 0 Å². The summed E-state index contributed by atoms with van der Waals surface area (Å²) in [6.45, 7) is 0. The van der Waals surface area contributed by atoms with Crippen molar-refractivity contribution in [1.82, 2.24) is 0 Å². The third-order valence-corrected chi connectivity index (χ3v) is 4.00. The molecule has 0 amide bonds. The van der Waals surface area contributed by atoms with Gasteiger partial charge in [0.1, 0.15) is 0 Å². The SMILES string of the molecule is COP(=O)(O)C(=[N+]=[N-])c1ccc2ccccc2c1. The van der Waals surface area contributed by atoms with Gasteiger partial charge in [-0.25, -0.2) is 4.57 Å². The Balaban J connectivity index is 2.61. The van der Waals surface area contributed by atoms with Crippen LogP contribution in [-0.4, -0.2) is 22.2 Å². The van der Waals surface area contributed by atoms with E-state index in [-0.39, 0.29) is 5.45 Å². The van der Waals surface area contributed by atoms with Gasteiger partial charge in [-0.05, 0) is 22.9 Å². The molecule has 2 rings (SSSR count). The van der Waals surface area contributed by atoms with E-state index in [1.54, 1.807) is 18.2 Å². The average Bonchev–Trinajstić information content (AvgIpc) is 2.39. The highest BCUT2D eigenvalue weighted by molar-refractivity contribution is 7.71. The van der Waals surface area contributed by atoms with E-state index < -0.39 is 7.60 Å². The van der Waals surface area contributed by atoms with Crippen LogP contribution in [0.3, 0.4) is 0 Å². The summed E-state index contributed by atoms with van der Waals surface area (Å²) < 4.78 is 16.2. The highest BCUT2D eigenvalue weighted by Crippen LogP contribution is 2.44. The first-order chi connectivity index (χ1) is 8.58. The van der Waals surface area contributed by atoms with Gasteiger partial charge in [0.05, 0.1) is 5.56 Å². The lowest BCUT2D eigenvalue weighted by Gasteiger charge is -2.04. The third kappa shape index (κ3) is 2.26. The number of benzene rings is 2. The van der Waals surface area contributed by atoms with Gasteiger partial charge in [0, 0.05) is 7.11 Å². The van der Waals surface area contributed by atoms with Crippen LogP contribution in [0.1, 0.15) is 5.56 Å². The molecule has 0 saturated carbocycles. The van der Waals surface area contributed by atoms with Gasteiger partial charge < -0.3 is 14.9 Å². The summed E-state index contributed by atoms with van der Waals surface area (Å²) in [5, 5.41) is 1.87. The van der Waals surface area contributed by atoms with Crippen LogP contribution < -0.4 is 0 Å². The van der Waals surface area contributed by atoms with Crippen molar-refractivity contribution in [3.63, 3.8) is 0 Å². The maximum Gasteiger partial charge on any atom is 0.440 e. The largest absolute Gasteiger partial charge is 0.440 e. The van der Waals surface area contributed by atoms with Crippen LogP contribution in [-0.2, 0) is 9.09 Å². The predicted octanol–water partition coefficient (Wildman–Crippen LogP) is 2.65. The second-order valence-corrected chi connectivity index (χ2v) is 5.52. The molecule has 0 heterocycles. The summed E-state index contributed by atoms with van der Waals surface area (Å²) in [4.78, 5) is 12.4. The fourth-order valence-corrected chi connectivity index (χ4v) is 2.44. The van der Waals surface area contributed by atoms with Gasteiger partial charge in [-0.15, -0.1) is 0 Å². The molecule has 1 unspecified atom stereocenters. The number of rotatable bonds is 3. The maximum absolute atomic E-state index is 11.7. The van der Waals surface area contributed by atoms with Crippen molar-refractivity contribution in [3.8, 4) is 0 Å². The smallest absolute Gasteiger partial charge is 0.360 e. The summed E-state index contributed by atoms with van der Waals surface area (Å²) >= 11 is 0. The molecule has 2 aromatic rings. The predicted molar refractivity (Wildman–Crippen MR) is 68.5 cm³/mol. The molecule has 0 aliphatic carbocycles. The lowest BCUT2D eigenvalue weighted by atomic mass is 10.1. The van der Waals surface area contributed by atoms with Crippen LogP contribution in [0.25, 0.3) is 16.3 Å². The average molecular weight is 262 g/mol. The van der Waals surface area contributed by atoms with E-state index in [0.29, 0.717) is 5.56 Å². The first-order valence-corrected chi connectivity index (χ1v) is 6.76. The van der Waals surface area contributed by atoms with E-state index in [0.717, 1.165) is 17.9 Å². The quantitative estimate of drug-likeness (QED) is 0.399. The second kappa shape index (κ2) is 4.84. The fourth-order valence-electron chi connectivity index (χ4n) is 1.69. The van der Waals surface area contributed by atoms with Crippen LogP contribution >= 0.6 is 7.60 Å². The van der Waals surface area contributed by atoms with E-state index >= 15 is 0 Å². The van der Waals surface area contributed by atoms with Crippen molar-refractivity contribution in [2.75, 3.05) is 7.11 Å². The normalized spacial score (nSPS) is 13.9. The molecular formula is C12H11N2O3P. The minimum Gasteiger partial charge on any atom is -0.360 e. The topological polar surface area (TPSA) is 82.9 Å². The lowest BCUT2D eigenvalue weighted by Crippen LogP contribution is -2.04. The minimum absolute atomic E-state index is 0.351. The molecule has 0 bridgehead atoms. The summed E-state index contributed by atoms with van der Waals surface area (Å²) in [6, 6.07) is 12.6. The van der Waals surface area contributed by atoms with Crippen molar-refractivity contribution in [2.45, 2.75) is 0 Å². The molecule has 1 N–H and O–H groups in total. The van der Waals surface area contributed by atoms with E-state index in [9.17, 15) is 9.46 Å². The standard InChI is InChI=1S/C12H11N2O3P/c1-17-18(15,16)12(14-13)11-7-6-9-4-2-3-5-10(9)8-11/h2-8H,1H3,(H,15,16). The maximum atomic E-state index is 11.7. The highest BCUT2D eigenvalue weighted by Gasteiger charge is 2.36. The molecule has 92 valence electrons. The zero-order valence-corrected chi connectivity index (χ0v) is 10.5. The Hall–Kier alpha value is -1.77. The number of fused-ring (bicyclic) bond motifs is 1. The van der Waals surface area contributed by atoms with Crippen molar-refractivity contribution < 1.29 is 18.8 Å². The van der Waals surface area contributed by atoms with E-state index in [4.69, 9.17) is 5.53 Å². The Morgan fingerprint density at radius 1 is 1.28 bits per heavy atom. The van der Waals surface area contributed by atoms with Gasteiger partial charge >= 0.3 is 13.0 Å². The van der Waals surface area contributed by atoms with Crippen LogP contribution in [0.5, 0.6) is 0 Å². The fraction of sp³-hybridized carbons (Fsp3) is 0.0833. The Labute approximate surface area is 104 Å². The Morgan fingerprint density at radius 3 is 2.56 bits per heavy atom. The lowest BCUT2D eigenvalue weighted by molar-refractivity contribution is -0.00179. The zero-order valence-electron chi connectivity index (χ0n) is 9.65. The number of hydrogen-bond donors (Lipinski definition) is 1. The zero-order chi connectivity index (χ0) is 13.2. The molecule has 0 spiro atoms. The third-order valence-electron chi connectivity index (χ3n) is 2.62. The molecule has 0 radical (unpaired) electrons. The molecule has 5 nitrogen and oxygen atoms in total. The first kappa shape index (κ1) is 12.7. The molecule has 6 heteroatoms. The summed E-state index contributed by atoms with van der Waals surface area (Å²) in [5.74, 6) is 0. The molecular weight excluding hydrogens is 251 g/mol. The number of nitrogens with zero attached hydrogens (tertiary/aromatic N) is 2. The van der Waals surface area contributed by atoms with E-state index in [1.807, 2.05) is 24.3 Å². The van der Waals surface area contributed by atoms with Crippen LogP contribution in [0.15, 0.2) is 42.5 Å². The Bertz CT molecular complexity index is 693. The molecule has 0 aromatic heterocycles. The van der Waals surface area contributed by atoms with E-state index in [2.05, 4.69) is 9.31 Å². The Morgan fingerprint density at radius 2 is 1.94 bits per heavy atom. The summed E-state index contributed by atoms with van der Waals surface area (Å²) in [5.41, 5.74) is 8.88. The Kier molecular flexibility index (Phi) is 3.41. The van der Waals surface area contributed by atoms with Crippen LogP contribution in [0.4, 0.5) is 0 Å². The number of hydrogen-bond acceptors (Lipinski definition) is 2. The van der Waals surface area contributed by atoms with Crippen LogP contribution in [0, 0.1) is 0 Å². The van der Waals surface area contributed by atoms with Crippen molar-refractivity contribution >= 4 is 23.8 Å².